The second kappa shape index (κ2) is 10.0. The van der Waals surface area contributed by atoms with Gasteiger partial charge in [-0.25, -0.2) is 13.1 Å². The van der Waals surface area contributed by atoms with Crippen molar-refractivity contribution < 1.29 is 13.2 Å². The predicted molar refractivity (Wildman–Crippen MR) is 66.1 cm³/mol. The SMILES string of the molecule is CNCCCS(=O)(=O)NCCCCCOC. The Balaban J connectivity index is 3.43. The van der Waals surface area contributed by atoms with Crippen molar-refractivity contribution in [2.75, 3.05) is 39.6 Å². The Labute approximate surface area is 99.0 Å². The van der Waals surface area contributed by atoms with Crippen LogP contribution < -0.4 is 10.0 Å². The molecule has 0 aromatic rings. The molecule has 0 heterocycles. The maximum Gasteiger partial charge on any atom is 0.211 e. The molecule has 0 rings (SSSR count). The van der Waals surface area contributed by atoms with E-state index in [0.717, 1.165) is 32.4 Å². The molecular weight excluding hydrogens is 228 g/mol. The van der Waals surface area contributed by atoms with E-state index in [1.807, 2.05) is 7.05 Å². The van der Waals surface area contributed by atoms with Crippen LogP contribution in [0.4, 0.5) is 0 Å². The van der Waals surface area contributed by atoms with Crippen molar-refractivity contribution in [3.63, 3.8) is 0 Å². The minimum atomic E-state index is -3.07. The summed E-state index contributed by atoms with van der Waals surface area (Å²) in [5, 5.41) is 2.92. The van der Waals surface area contributed by atoms with E-state index in [9.17, 15) is 8.42 Å². The van der Waals surface area contributed by atoms with Crippen molar-refractivity contribution in [2.24, 2.45) is 0 Å². The van der Waals surface area contributed by atoms with Crippen molar-refractivity contribution in [2.45, 2.75) is 25.7 Å². The van der Waals surface area contributed by atoms with Gasteiger partial charge in [-0.2, -0.15) is 0 Å². The van der Waals surface area contributed by atoms with Gasteiger partial charge in [-0.1, -0.05) is 0 Å². The number of methoxy groups -OCH3 is 1. The van der Waals surface area contributed by atoms with E-state index < -0.39 is 10.0 Å². The Morgan fingerprint density at radius 1 is 1.06 bits per heavy atom. The fourth-order valence-corrected chi connectivity index (χ4v) is 2.41. The molecule has 0 saturated heterocycles. The normalized spacial score (nSPS) is 11.9. The van der Waals surface area contributed by atoms with Crippen LogP contribution in [0.5, 0.6) is 0 Å². The van der Waals surface area contributed by atoms with Crippen LogP contribution >= 0.6 is 0 Å². The lowest BCUT2D eigenvalue weighted by Gasteiger charge is -2.06. The molecule has 0 aliphatic heterocycles. The van der Waals surface area contributed by atoms with Crippen molar-refractivity contribution in [1.82, 2.24) is 10.0 Å². The number of rotatable bonds is 11. The minimum absolute atomic E-state index is 0.200. The van der Waals surface area contributed by atoms with Crippen LogP contribution in [0.3, 0.4) is 0 Å². The average Bonchev–Trinajstić information content (AvgIpc) is 2.23. The predicted octanol–water partition coefficient (Wildman–Crippen LogP) is 0.332. The number of sulfonamides is 1. The monoisotopic (exact) mass is 252 g/mol. The fourth-order valence-electron chi connectivity index (χ4n) is 1.29. The molecule has 0 atom stereocenters. The van der Waals surface area contributed by atoms with Crippen LogP contribution in [0, 0.1) is 0 Å². The summed E-state index contributed by atoms with van der Waals surface area (Å²) in [6, 6.07) is 0. The first-order valence-electron chi connectivity index (χ1n) is 5.73. The molecule has 0 fully saturated rings. The Hall–Kier alpha value is -0.170. The Morgan fingerprint density at radius 2 is 1.81 bits per heavy atom. The molecule has 5 nitrogen and oxygen atoms in total. The van der Waals surface area contributed by atoms with Gasteiger partial charge in [-0.3, -0.25) is 0 Å². The Bertz CT molecular complexity index is 242. The second-order valence-electron chi connectivity index (χ2n) is 3.72. The van der Waals surface area contributed by atoms with Gasteiger partial charge >= 0.3 is 0 Å². The van der Waals surface area contributed by atoms with E-state index in [4.69, 9.17) is 4.74 Å². The summed E-state index contributed by atoms with van der Waals surface area (Å²) in [5.74, 6) is 0.200. The van der Waals surface area contributed by atoms with Gasteiger partial charge in [-0.15, -0.1) is 0 Å². The van der Waals surface area contributed by atoms with E-state index in [0.29, 0.717) is 13.0 Å². The summed E-state index contributed by atoms with van der Waals surface area (Å²) < 4.78 is 30.4. The lowest BCUT2D eigenvalue weighted by molar-refractivity contribution is 0.192. The molecule has 6 heteroatoms. The van der Waals surface area contributed by atoms with E-state index in [1.165, 1.54) is 0 Å². The Morgan fingerprint density at radius 3 is 2.44 bits per heavy atom. The molecule has 0 radical (unpaired) electrons. The van der Waals surface area contributed by atoms with Crippen molar-refractivity contribution in [3.05, 3.63) is 0 Å². The summed E-state index contributed by atoms with van der Waals surface area (Å²) >= 11 is 0. The highest BCUT2D eigenvalue weighted by Gasteiger charge is 2.07. The Kier molecular flexibility index (Phi) is 9.91. The van der Waals surface area contributed by atoms with Gasteiger partial charge in [0.2, 0.25) is 10.0 Å². The van der Waals surface area contributed by atoms with Crippen molar-refractivity contribution in [3.8, 4) is 0 Å². The number of ether oxygens (including phenoxy) is 1. The second-order valence-corrected chi connectivity index (χ2v) is 5.65. The van der Waals surface area contributed by atoms with Crippen LogP contribution in [-0.2, 0) is 14.8 Å². The van der Waals surface area contributed by atoms with Gasteiger partial charge in [0.15, 0.2) is 0 Å². The van der Waals surface area contributed by atoms with E-state index in [1.54, 1.807) is 7.11 Å². The third-order valence-corrected chi connectivity index (χ3v) is 3.66. The fraction of sp³-hybridized carbons (Fsp3) is 1.00. The molecular formula is C10H24N2O3S. The third kappa shape index (κ3) is 10.4. The van der Waals surface area contributed by atoms with Crippen LogP contribution in [0.25, 0.3) is 0 Å². The first-order chi connectivity index (χ1) is 7.62. The molecule has 0 aromatic carbocycles. The van der Waals surface area contributed by atoms with Crippen molar-refractivity contribution >= 4 is 10.0 Å². The van der Waals surface area contributed by atoms with Crippen LogP contribution in [0.1, 0.15) is 25.7 Å². The first kappa shape index (κ1) is 15.8. The van der Waals surface area contributed by atoms with Gasteiger partial charge in [0.1, 0.15) is 0 Å². The quantitative estimate of drug-likeness (QED) is 0.520. The largest absolute Gasteiger partial charge is 0.385 e. The molecule has 0 saturated carbocycles. The number of unbranched alkanes of at least 4 members (excludes halogenated alkanes) is 2. The lowest BCUT2D eigenvalue weighted by atomic mass is 10.2. The highest BCUT2D eigenvalue weighted by Crippen LogP contribution is 1.95. The minimum Gasteiger partial charge on any atom is -0.385 e. The topological polar surface area (TPSA) is 67.4 Å². The molecule has 0 unspecified atom stereocenters. The molecule has 0 aromatic heterocycles. The van der Waals surface area contributed by atoms with Crippen LogP contribution in [-0.4, -0.2) is 48.0 Å². The molecule has 0 aliphatic carbocycles. The highest BCUT2D eigenvalue weighted by atomic mass is 32.2. The maximum atomic E-state index is 11.4. The summed E-state index contributed by atoms with van der Waals surface area (Å²) in [7, 11) is 0.419. The summed E-state index contributed by atoms with van der Waals surface area (Å²) in [6.45, 7) is 2.01. The average molecular weight is 252 g/mol. The van der Waals surface area contributed by atoms with Crippen molar-refractivity contribution in [1.29, 1.82) is 0 Å². The molecule has 0 amide bonds. The summed E-state index contributed by atoms with van der Waals surface area (Å²) in [4.78, 5) is 0. The van der Waals surface area contributed by atoms with E-state index in [2.05, 4.69) is 10.0 Å². The molecule has 0 spiro atoms. The molecule has 98 valence electrons. The number of hydrogen-bond acceptors (Lipinski definition) is 4. The smallest absolute Gasteiger partial charge is 0.211 e. The molecule has 0 aliphatic rings. The van der Waals surface area contributed by atoms with Crippen LogP contribution in [0.15, 0.2) is 0 Å². The molecule has 2 N–H and O–H groups in total. The van der Waals surface area contributed by atoms with Gasteiger partial charge in [-0.05, 0) is 39.3 Å². The van der Waals surface area contributed by atoms with E-state index in [-0.39, 0.29) is 5.75 Å². The number of hydrogen-bond donors (Lipinski definition) is 2. The molecule has 16 heavy (non-hydrogen) atoms. The highest BCUT2D eigenvalue weighted by molar-refractivity contribution is 7.89. The summed E-state index contributed by atoms with van der Waals surface area (Å²) in [6.07, 6.45) is 3.50. The maximum absolute atomic E-state index is 11.4. The first-order valence-corrected chi connectivity index (χ1v) is 7.38. The number of nitrogens with one attached hydrogen (secondary N) is 2. The van der Waals surface area contributed by atoms with Gasteiger partial charge in [0.05, 0.1) is 5.75 Å². The zero-order chi connectivity index (χ0) is 12.3. The van der Waals surface area contributed by atoms with Gasteiger partial charge in [0.25, 0.3) is 0 Å². The zero-order valence-corrected chi connectivity index (χ0v) is 11.1. The van der Waals surface area contributed by atoms with E-state index >= 15 is 0 Å². The molecule has 0 bridgehead atoms. The summed E-state index contributed by atoms with van der Waals surface area (Å²) in [5.41, 5.74) is 0. The van der Waals surface area contributed by atoms with Gasteiger partial charge in [0, 0.05) is 20.3 Å². The van der Waals surface area contributed by atoms with Crippen LogP contribution in [0.2, 0.25) is 0 Å². The standard InChI is InChI=1S/C10H24N2O3S/c1-11-7-6-10-16(13,14)12-8-4-3-5-9-15-2/h11-12H,3-10H2,1-2H3. The lowest BCUT2D eigenvalue weighted by Crippen LogP contribution is -2.28. The van der Waals surface area contributed by atoms with Gasteiger partial charge < -0.3 is 10.1 Å². The zero-order valence-electron chi connectivity index (χ0n) is 10.3. The third-order valence-electron chi connectivity index (χ3n) is 2.19.